The summed E-state index contributed by atoms with van der Waals surface area (Å²) in [7, 11) is 1.46. The second-order valence-corrected chi connectivity index (χ2v) is 14.1. The molecule has 3 aliphatic heterocycles. The van der Waals surface area contributed by atoms with Crippen molar-refractivity contribution < 1.29 is 31.0 Å². The van der Waals surface area contributed by atoms with Crippen LogP contribution in [-0.2, 0) is 33.0 Å². The molecule has 1 N–H and O–H groups in total. The van der Waals surface area contributed by atoms with E-state index < -0.39 is 5.60 Å². The molecule has 0 spiro atoms. The van der Waals surface area contributed by atoms with E-state index in [-0.39, 0.29) is 55.6 Å². The van der Waals surface area contributed by atoms with Gasteiger partial charge in [-0.05, 0) is 134 Å². The molecular weight excluding hydrogens is 811 g/mol. The Kier molecular flexibility index (Phi) is 22.4. The van der Waals surface area contributed by atoms with Crippen LogP contribution in [0.3, 0.4) is 0 Å². The standard InChI is InChI=1S/C24H23F2NO.C13H17NO2.C7H3Br.C4H8O.Mg.2H/c25-21-12-8-19(9-13-21)24(28,20-10-14-22(26)15-11-20)23-7-4-16-27(23)17-18-5-2-1-3-6-18;1-16-13(15)12-8-5-9-14(12)10-11-6-3-2-4-7-11;1-2-3-4-5-6-7-8;1-2-4-5-3-1;;;/h1-3,5-6,8-15,23,28H,4,7,16-17H2;2-4,6-7,12H,5,8-10H2,1H3;1H3;1-4H2;;;/q;;;;+2;2*-1/t23-;12-;;;;;/m00...../s1. The van der Waals surface area contributed by atoms with Gasteiger partial charge in [0.05, 0.1) is 7.11 Å². The molecule has 6 nitrogen and oxygen atoms in total. The Labute approximate surface area is 370 Å². The summed E-state index contributed by atoms with van der Waals surface area (Å²) in [5.41, 5.74) is 2.30. The molecule has 2 atom stereocenters. The quantitative estimate of drug-likeness (QED) is 0.109. The van der Waals surface area contributed by atoms with E-state index >= 15 is 0 Å². The first-order valence-corrected chi connectivity index (χ1v) is 20.1. The molecule has 302 valence electrons. The predicted molar refractivity (Wildman–Crippen MR) is 234 cm³/mol. The van der Waals surface area contributed by atoms with E-state index in [1.165, 1.54) is 55.3 Å². The molecule has 0 amide bonds. The fraction of sp³-hybridized carbons (Fsp3) is 0.354. The van der Waals surface area contributed by atoms with Crippen LogP contribution < -0.4 is 0 Å². The van der Waals surface area contributed by atoms with Gasteiger partial charge in [-0.25, -0.2) is 8.78 Å². The topological polar surface area (TPSA) is 62.2 Å². The van der Waals surface area contributed by atoms with E-state index in [4.69, 9.17) is 9.47 Å². The van der Waals surface area contributed by atoms with Crippen LogP contribution in [0.2, 0.25) is 0 Å². The summed E-state index contributed by atoms with van der Waals surface area (Å²) in [5, 5.41) is 12.0. The third-order valence-corrected chi connectivity index (χ3v) is 10.1. The number of hydrogen-bond donors (Lipinski definition) is 1. The average Bonchev–Trinajstić information content (AvgIpc) is 4.07. The Morgan fingerprint density at radius 3 is 1.71 bits per heavy atom. The van der Waals surface area contributed by atoms with Crippen LogP contribution in [0, 0.1) is 46.1 Å². The van der Waals surface area contributed by atoms with Gasteiger partial charge in [0.2, 0.25) is 0 Å². The minimum atomic E-state index is -1.35. The van der Waals surface area contributed by atoms with E-state index in [2.05, 4.69) is 84.4 Å². The SMILES string of the molecule is C1CCOC1.CC#CC#CC#CBr.COC(=O)[C@@H]1CCCN1Cc1ccccc1.OC(c1ccc(F)cc1)(c1ccc(F)cc1)[C@@H]1CCCN1Cc1ccccc1.[H-].[H-].[Mg+2]. The van der Waals surface area contributed by atoms with Crippen molar-refractivity contribution in [2.75, 3.05) is 33.4 Å². The van der Waals surface area contributed by atoms with Crippen molar-refractivity contribution in [2.45, 2.75) is 76.2 Å². The number of benzene rings is 4. The molecule has 58 heavy (non-hydrogen) atoms. The second kappa shape index (κ2) is 26.9. The summed E-state index contributed by atoms with van der Waals surface area (Å²) in [4.78, 5) is 18.5. The van der Waals surface area contributed by atoms with Crippen LogP contribution in [0.4, 0.5) is 8.78 Å². The number of nitrogens with zero attached hydrogens (tertiary/aromatic N) is 2. The number of aliphatic hydroxyl groups is 1. The van der Waals surface area contributed by atoms with E-state index in [1.54, 1.807) is 31.2 Å². The number of ether oxygens (including phenoxy) is 2. The van der Waals surface area contributed by atoms with Gasteiger partial charge in [-0.15, -0.1) is 0 Å². The van der Waals surface area contributed by atoms with Gasteiger partial charge in [0, 0.05) is 48.3 Å². The Morgan fingerprint density at radius 1 is 0.759 bits per heavy atom. The molecule has 0 radical (unpaired) electrons. The Balaban J connectivity index is 0.000000474. The maximum Gasteiger partial charge on any atom is 2.00 e. The van der Waals surface area contributed by atoms with Crippen molar-refractivity contribution >= 4 is 45.0 Å². The Hall–Kier alpha value is -4.02. The van der Waals surface area contributed by atoms with Crippen LogP contribution in [-0.4, -0.2) is 89.4 Å². The van der Waals surface area contributed by atoms with E-state index in [1.807, 2.05) is 36.4 Å². The molecule has 3 saturated heterocycles. The first-order chi connectivity index (χ1) is 27.8. The predicted octanol–water partition coefficient (Wildman–Crippen LogP) is 8.70. The van der Waals surface area contributed by atoms with Gasteiger partial charge >= 0.3 is 29.0 Å². The molecule has 3 aliphatic rings. The van der Waals surface area contributed by atoms with Crippen LogP contribution in [0.1, 0.15) is 70.6 Å². The molecule has 0 saturated carbocycles. The third kappa shape index (κ3) is 15.3. The van der Waals surface area contributed by atoms with Gasteiger partial charge in [-0.1, -0.05) is 90.8 Å². The van der Waals surface area contributed by atoms with Gasteiger partial charge in [0.25, 0.3) is 0 Å². The maximum absolute atomic E-state index is 13.5. The van der Waals surface area contributed by atoms with E-state index in [0.29, 0.717) is 11.1 Å². The normalized spacial score (nSPS) is 16.9. The van der Waals surface area contributed by atoms with Crippen molar-refractivity contribution in [3.8, 4) is 34.4 Å². The Morgan fingerprint density at radius 2 is 1.24 bits per heavy atom. The fourth-order valence-electron chi connectivity index (χ4n) is 7.16. The summed E-state index contributed by atoms with van der Waals surface area (Å²) in [6, 6.07) is 32.1. The van der Waals surface area contributed by atoms with Crippen molar-refractivity contribution in [1.29, 1.82) is 0 Å². The number of likely N-dealkylation sites (tertiary alicyclic amines) is 2. The van der Waals surface area contributed by atoms with Crippen LogP contribution in [0.15, 0.2) is 109 Å². The zero-order chi connectivity index (χ0) is 40.7. The van der Waals surface area contributed by atoms with Crippen LogP contribution in [0.25, 0.3) is 0 Å². The molecule has 4 aromatic carbocycles. The number of carbonyl (C=O) groups is 1. The minimum Gasteiger partial charge on any atom is -1.00 e. The maximum atomic E-state index is 13.5. The fourth-order valence-corrected chi connectivity index (χ4v) is 7.26. The molecular formula is C48H53BrF2MgN2O4. The summed E-state index contributed by atoms with van der Waals surface area (Å²) >= 11 is 2.89. The molecule has 0 aromatic heterocycles. The molecule has 3 heterocycles. The molecule has 7 rings (SSSR count). The zero-order valence-corrected chi connectivity index (χ0v) is 36.4. The second-order valence-electron chi connectivity index (χ2n) is 13.7. The number of esters is 1. The van der Waals surface area contributed by atoms with Crippen molar-refractivity contribution in [2.24, 2.45) is 0 Å². The van der Waals surface area contributed by atoms with Gasteiger partial charge in [0.15, 0.2) is 0 Å². The van der Waals surface area contributed by atoms with Gasteiger partial charge in [-0.3, -0.25) is 14.6 Å². The van der Waals surface area contributed by atoms with E-state index in [0.717, 1.165) is 65.1 Å². The van der Waals surface area contributed by atoms with Crippen LogP contribution >= 0.6 is 15.9 Å². The summed E-state index contributed by atoms with van der Waals surface area (Å²) in [6.45, 7) is 7.13. The van der Waals surface area contributed by atoms with Crippen molar-refractivity contribution in [3.05, 3.63) is 143 Å². The number of carbonyl (C=O) groups excluding carboxylic acids is 1. The number of halogens is 3. The molecule has 3 fully saturated rings. The monoisotopic (exact) mass is 862 g/mol. The molecule has 0 aliphatic carbocycles. The van der Waals surface area contributed by atoms with E-state index in [9.17, 15) is 18.7 Å². The number of hydrogen-bond acceptors (Lipinski definition) is 6. The molecule has 0 bridgehead atoms. The summed E-state index contributed by atoms with van der Waals surface area (Å²) < 4.78 is 36.8. The molecule has 4 aromatic rings. The first kappa shape index (κ1) is 48.3. The molecule has 10 heteroatoms. The van der Waals surface area contributed by atoms with Crippen molar-refractivity contribution in [3.63, 3.8) is 0 Å². The Bertz CT molecular complexity index is 1920. The van der Waals surface area contributed by atoms with Crippen LogP contribution in [0.5, 0.6) is 0 Å². The molecule has 0 unspecified atom stereocenters. The first-order valence-electron chi connectivity index (χ1n) is 19.3. The summed E-state index contributed by atoms with van der Waals surface area (Å²) in [6.07, 6.45) is 6.31. The summed E-state index contributed by atoms with van der Waals surface area (Å²) in [5.74, 6) is 11.9. The van der Waals surface area contributed by atoms with Gasteiger partial charge < -0.3 is 17.4 Å². The average molecular weight is 864 g/mol. The smallest absolute Gasteiger partial charge is 1.00 e. The minimum absolute atomic E-state index is 0. The number of methoxy groups -OCH3 is 1. The van der Waals surface area contributed by atoms with Gasteiger partial charge in [0.1, 0.15) is 23.3 Å². The number of rotatable bonds is 8. The van der Waals surface area contributed by atoms with Gasteiger partial charge in [-0.2, -0.15) is 0 Å². The largest absolute Gasteiger partial charge is 2.00 e. The zero-order valence-electron chi connectivity index (χ0n) is 35.4. The third-order valence-electron chi connectivity index (χ3n) is 9.90. The van der Waals surface area contributed by atoms with Crippen molar-refractivity contribution in [1.82, 2.24) is 9.80 Å².